The number of pyridine rings is 1. The van der Waals surface area contributed by atoms with E-state index in [2.05, 4.69) is 15.0 Å². The number of fused-ring (bicyclic) bond motifs is 1. The predicted molar refractivity (Wildman–Crippen MR) is 104 cm³/mol. The van der Waals surface area contributed by atoms with Gasteiger partial charge in [-0.3, -0.25) is 15.7 Å². The largest absolute Gasteiger partial charge is 0.481 e. The summed E-state index contributed by atoms with van der Waals surface area (Å²) in [5.41, 5.74) is 4.92. The van der Waals surface area contributed by atoms with Crippen molar-refractivity contribution in [1.29, 1.82) is 5.41 Å². The molecule has 1 aromatic carbocycles. The molecule has 7 nitrogen and oxygen atoms in total. The van der Waals surface area contributed by atoms with Crippen LogP contribution in [0.3, 0.4) is 0 Å². The van der Waals surface area contributed by atoms with Gasteiger partial charge in [0.05, 0.1) is 24.6 Å². The van der Waals surface area contributed by atoms with Gasteiger partial charge in [-0.2, -0.15) is 0 Å². The van der Waals surface area contributed by atoms with E-state index >= 15 is 0 Å². The van der Waals surface area contributed by atoms with Crippen LogP contribution in [0.1, 0.15) is 24.9 Å². The van der Waals surface area contributed by atoms with E-state index in [1.165, 1.54) is 5.06 Å². The average Bonchev–Trinajstić information content (AvgIpc) is 2.68. The summed E-state index contributed by atoms with van der Waals surface area (Å²) in [5.74, 6) is 0.522. The van der Waals surface area contributed by atoms with E-state index in [0.717, 1.165) is 28.0 Å². The molecule has 0 saturated heterocycles. The van der Waals surface area contributed by atoms with Gasteiger partial charge in [0.2, 0.25) is 11.8 Å². The molecule has 0 fully saturated rings. The van der Waals surface area contributed by atoms with Crippen LogP contribution in [-0.4, -0.2) is 39.7 Å². The lowest BCUT2D eigenvalue weighted by molar-refractivity contribution is -0.0807. The fourth-order valence-corrected chi connectivity index (χ4v) is 3.51. The monoisotopic (exact) mass is 361 g/mol. The van der Waals surface area contributed by atoms with Crippen molar-refractivity contribution in [3.05, 3.63) is 59.9 Å². The lowest BCUT2D eigenvalue weighted by Gasteiger charge is -2.33. The minimum atomic E-state index is -0.340. The van der Waals surface area contributed by atoms with E-state index in [4.69, 9.17) is 10.1 Å². The molecular weight excluding hydrogens is 342 g/mol. The van der Waals surface area contributed by atoms with Crippen LogP contribution in [0.15, 0.2) is 64.4 Å². The number of benzene rings is 1. The smallest absolute Gasteiger partial charge is 0.242 e. The van der Waals surface area contributed by atoms with Crippen molar-refractivity contribution in [2.75, 3.05) is 7.11 Å². The van der Waals surface area contributed by atoms with Crippen LogP contribution < -0.4 is 4.74 Å². The molecule has 1 aromatic heterocycles. The Morgan fingerprint density at radius 2 is 1.93 bits per heavy atom. The molecule has 1 unspecified atom stereocenters. The zero-order valence-electron chi connectivity index (χ0n) is 15.0. The van der Waals surface area contributed by atoms with Crippen molar-refractivity contribution < 1.29 is 9.94 Å². The molecule has 0 radical (unpaired) electrons. The first-order valence-electron chi connectivity index (χ1n) is 8.58. The van der Waals surface area contributed by atoms with Crippen molar-refractivity contribution in [2.45, 2.75) is 19.4 Å². The first-order valence-corrected chi connectivity index (χ1v) is 8.58. The summed E-state index contributed by atoms with van der Waals surface area (Å²) in [7, 11) is 1.59. The normalized spacial score (nSPS) is 19.1. The Hall–Kier alpha value is -3.32. The molecule has 2 aliphatic heterocycles. The predicted octanol–water partition coefficient (Wildman–Crippen LogP) is 3.63. The van der Waals surface area contributed by atoms with Gasteiger partial charge >= 0.3 is 0 Å². The fraction of sp³-hybridized carbons (Fsp3) is 0.200. The van der Waals surface area contributed by atoms with E-state index in [-0.39, 0.29) is 12.0 Å². The van der Waals surface area contributed by atoms with E-state index in [1.807, 2.05) is 43.3 Å². The molecule has 2 N–H and O–H groups in total. The minimum Gasteiger partial charge on any atom is -0.481 e. The number of aromatic nitrogens is 1. The van der Waals surface area contributed by atoms with Crippen LogP contribution in [0.25, 0.3) is 11.1 Å². The molecular formula is C20H19N5O2. The van der Waals surface area contributed by atoms with Gasteiger partial charge in [-0.25, -0.2) is 15.0 Å². The fourth-order valence-electron chi connectivity index (χ4n) is 3.51. The molecule has 4 rings (SSSR count). The summed E-state index contributed by atoms with van der Waals surface area (Å²) < 4.78 is 5.42. The number of methoxy groups -OCH3 is 1. The zero-order valence-corrected chi connectivity index (χ0v) is 15.0. The molecule has 3 heterocycles. The Labute approximate surface area is 156 Å². The lowest BCUT2D eigenvalue weighted by Crippen LogP contribution is -2.33. The topological polar surface area (TPSA) is 94.2 Å². The summed E-state index contributed by atoms with van der Waals surface area (Å²) in [6, 6.07) is 11.3. The Morgan fingerprint density at radius 3 is 2.74 bits per heavy atom. The number of aliphatic imine (C=N–C) groups is 2. The van der Waals surface area contributed by atoms with Gasteiger partial charge in [0.1, 0.15) is 0 Å². The Morgan fingerprint density at radius 1 is 1.15 bits per heavy atom. The van der Waals surface area contributed by atoms with Crippen LogP contribution in [0, 0.1) is 5.41 Å². The number of guanidine groups is 1. The number of hydroxylamine groups is 2. The molecule has 0 spiro atoms. The van der Waals surface area contributed by atoms with Crippen LogP contribution in [0.2, 0.25) is 0 Å². The number of rotatable bonds is 3. The summed E-state index contributed by atoms with van der Waals surface area (Å²) in [6.07, 6.45) is 3.79. The number of allylic oxidation sites excluding steroid dienone is 1. The highest BCUT2D eigenvalue weighted by molar-refractivity contribution is 6.30. The van der Waals surface area contributed by atoms with Gasteiger partial charge in [-0.15, -0.1) is 0 Å². The van der Waals surface area contributed by atoms with Gasteiger partial charge in [0.15, 0.2) is 0 Å². The van der Waals surface area contributed by atoms with E-state index in [0.29, 0.717) is 18.0 Å². The van der Waals surface area contributed by atoms with Gasteiger partial charge in [0, 0.05) is 30.0 Å². The Bertz CT molecular complexity index is 1010. The highest BCUT2D eigenvalue weighted by Crippen LogP contribution is 2.39. The van der Waals surface area contributed by atoms with Crippen LogP contribution in [0.5, 0.6) is 5.88 Å². The summed E-state index contributed by atoms with van der Waals surface area (Å²) in [6.45, 7) is 1.82. The SMILES string of the molecule is COc1ncccc1-c1ccccc1C1CC2=NC(=N)N=C(C)C2=CN1O. The number of hydrogen-bond acceptors (Lipinski definition) is 5. The van der Waals surface area contributed by atoms with Crippen LogP contribution >= 0.6 is 0 Å². The first-order chi connectivity index (χ1) is 13.1. The van der Waals surface area contributed by atoms with E-state index in [9.17, 15) is 5.21 Å². The zero-order chi connectivity index (χ0) is 19.0. The molecule has 136 valence electrons. The second kappa shape index (κ2) is 6.77. The molecule has 27 heavy (non-hydrogen) atoms. The third kappa shape index (κ3) is 3.02. The first kappa shape index (κ1) is 17.1. The Balaban J connectivity index is 1.81. The summed E-state index contributed by atoms with van der Waals surface area (Å²) in [4.78, 5) is 12.6. The number of nitrogens with zero attached hydrogens (tertiary/aromatic N) is 4. The van der Waals surface area contributed by atoms with Gasteiger partial charge in [0.25, 0.3) is 0 Å². The maximum atomic E-state index is 10.7. The molecule has 0 bridgehead atoms. The third-order valence-corrected chi connectivity index (χ3v) is 4.76. The number of ether oxygens (including phenoxy) is 1. The van der Waals surface area contributed by atoms with E-state index in [1.54, 1.807) is 19.5 Å². The van der Waals surface area contributed by atoms with Crippen molar-refractivity contribution in [2.24, 2.45) is 9.98 Å². The molecule has 7 heteroatoms. The standard InChI is InChI=1S/C20H19N5O2/c1-12-16-11-25(26)18(10-17(16)24-20(21)23-12)14-7-4-3-6-13(14)15-8-5-9-22-19(15)27-2/h3-9,11,18,21,26H,10H2,1-2H3. The summed E-state index contributed by atoms with van der Waals surface area (Å²) in [5, 5.41) is 19.7. The maximum absolute atomic E-state index is 10.7. The number of hydrogen-bond donors (Lipinski definition) is 2. The highest BCUT2D eigenvalue weighted by Gasteiger charge is 2.31. The van der Waals surface area contributed by atoms with Gasteiger partial charge < -0.3 is 4.74 Å². The summed E-state index contributed by atoms with van der Waals surface area (Å²) >= 11 is 0. The molecule has 0 saturated carbocycles. The van der Waals surface area contributed by atoms with Gasteiger partial charge in [-0.1, -0.05) is 24.3 Å². The maximum Gasteiger partial charge on any atom is 0.242 e. The molecule has 2 aliphatic rings. The van der Waals surface area contributed by atoms with Crippen LogP contribution in [-0.2, 0) is 0 Å². The molecule has 1 atom stereocenters. The number of nitrogens with one attached hydrogen (secondary N) is 1. The lowest BCUT2D eigenvalue weighted by atomic mass is 9.88. The van der Waals surface area contributed by atoms with Crippen molar-refractivity contribution >= 4 is 17.4 Å². The third-order valence-electron chi connectivity index (χ3n) is 4.76. The molecule has 0 aliphatic carbocycles. The van der Waals surface area contributed by atoms with Crippen LogP contribution in [0.4, 0.5) is 0 Å². The molecule has 2 aromatic rings. The Kier molecular flexibility index (Phi) is 4.29. The second-order valence-electron chi connectivity index (χ2n) is 6.37. The average molecular weight is 361 g/mol. The van der Waals surface area contributed by atoms with E-state index < -0.39 is 0 Å². The van der Waals surface area contributed by atoms with Crippen molar-refractivity contribution in [3.8, 4) is 17.0 Å². The van der Waals surface area contributed by atoms with Crippen molar-refractivity contribution in [1.82, 2.24) is 10.0 Å². The minimum absolute atomic E-state index is 0.00740. The quantitative estimate of drug-likeness (QED) is 0.873. The highest BCUT2D eigenvalue weighted by atomic mass is 16.5. The molecule has 0 amide bonds. The van der Waals surface area contributed by atoms with Crippen molar-refractivity contribution in [3.63, 3.8) is 0 Å². The second-order valence-corrected chi connectivity index (χ2v) is 6.37. The van der Waals surface area contributed by atoms with Gasteiger partial charge in [-0.05, 0) is 30.2 Å².